The quantitative estimate of drug-likeness (QED) is 0.839. The van der Waals surface area contributed by atoms with Gasteiger partial charge in [-0.2, -0.15) is 4.31 Å². The van der Waals surface area contributed by atoms with Gasteiger partial charge in [0.25, 0.3) is 10.0 Å². The molecule has 1 aliphatic heterocycles. The summed E-state index contributed by atoms with van der Waals surface area (Å²) in [7, 11) is -2.15. The fourth-order valence-electron chi connectivity index (χ4n) is 1.99. The standard InChI is InChI=1S/C10H16ClN3O4S/c1-7-3-14(4-8(5-15)18-7)19(16,17)10-9(11)13(2)6-12-10/h6-8,15H,3-5H2,1-2H3. The molecule has 0 aliphatic carbocycles. The van der Waals surface area contributed by atoms with Crippen LogP contribution in [0.5, 0.6) is 0 Å². The molecule has 1 fully saturated rings. The van der Waals surface area contributed by atoms with Crippen LogP contribution >= 0.6 is 11.6 Å². The van der Waals surface area contributed by atoms with E-state index >= 15 is 0 Å². The third-order valence-corrected chi connectivity index (χ3v) is 5.24. The molecule has 108 valence electrons. The molecule has 0 saturated carbocycles. The summed E-state index contributed by atoms with van der Waals surface area (Å²) < 4.78 is 33.0. The SMILES string of the molecule is CC1CN(S(=O)(=O)c2ncn(C)c2Cl)CC(CO)O1. The van der Waals surface area contributed by atoms with E-state index in [0.717, 1.165) is 0 Å². The molecular weight excluding hydrogens is 294 g/mol. The zero-order valence-electron chi connectivity index (χ0n) is 10.7. The van der Waals surface area contributed by atoms with Gasteiger partial charge in [0.1, 0.15) is 5.15 Å². The number of rotatable bonds is 3. The number of hydrogen-bond donors (Lipinski definition) is 1. The number of aliphatic hydroxyl groups is 1. The molecule has 1 N–H and O–H groups in total. The van der Waals surface area contributed by atoms with Gasteiger partial charge in [-0.3, -0.25) is 0 Å². The zero-order chi connectivity index (χ0) is 14.2. The lowest BCUT2D eigenvalue weighted by Gasteiger charge is -2.34. The highest BCUT2D eigenvalue weighted by atomic mass is 35.5. The second-order valence-corrected chi connectivity index (χ2v) is 6.74. The fraction of sp³-hybridized carbons (Fsp3) is 0.700. The van der Waals surface area contributed by atoms with E-state index in [4.69, 9.17) is 21.4 Å². The lowest BCUT2D eigenvalue weighted by atomic mass is 10.2. The molecule has 0 spiro atoms. The van der Waals surface area contributed by atoms with Gasteiger partial charge >= 0.3 is 0 Å². The van der Waals surface area contributed by atoms with Crippen molar-refractivity contribution in [1.29, 1.82) is 0 Å². The first-order valence-corrected chi connectivity index (χ1v) is 7.61. The van der Waals surface area contributed by atoms with Gasteiger partial charge < -0.3 is 14.4 Å². The van der Waals surface area contributed by atoms with Crippen molar-refractivity contribution in [3.63, 3.8) is 0 Å². The smallest absolute Gasteiger partial charge is 0.263 e. The topological polar surface area (TPSA) is 84.7 Å². The van der Waals surface area contributed by atoms with Crippen LogP contribution in [0.1, 0.15) is 6.92 Å². The molecule has 1 saturated heterocycles. The molecule has 0 amide bonds. The van der Waals surface area contributed by atoms with E-state index < -0.39 is 16.1 Å². The van der Waals surface area contributed by atoms with Gasteiger partial charge in [0.15, 0.2) is 0 Å². The Morgan fingerprint density at radius 3 is 2.79 bits per heavy atom. The molecule has 2 atom stereocenters. The van der Waals surface area contributed by atoms with Crippen LogP contribution in [0.2, 0.25) is 5.15 Å². The van der Waals surface area contributed by atoms with Crippen molar-refractivity contribution in [1.82, 2.24) is 13.9 Å². The van der Waals surface area contributed by atoms with Crippen LogP contribution in [-0.4, -0.2) is 59.3 Å². The van der Waals surface area contributed by atoms with Crippen molar-refractivity contribution in [2.45, 2.75) is 24.2 Å². The Bertz CT molecular complexity index is 559. The number of hydrogen-bond acceptors (Lipinski definition) is 5. The van der Waals surface area contributed by atoms with E-state index in [-0.39, 0.29) is 36.0 Å². The number of halogens is 1. The van der Waals surface area contributed by atoms with Crippen molar-refractivity contribution in [2.75, 3.05) is 19.7 Å². The van der Waals surface area contributed by atoms with Crippen molar-refractivity contribution >= 4 is 21.6 Å². The zero-order valence-corrected chi connectivity index (χ0v) is 12.2. The normalized spacial score (nSPS) is 25.7. The predicted molar refractivity (Wildman–Crippen MR) is 68.4 cm³/mol. The minimum atomic E-state index is -3.77. The summed E-state index contributed by atoms with van der Waals surface area (Å²) in [6.45, 7) is 1.83. The van der Waals surface area contributed by atoms with E-state index in [1.807, 2.05) is 0 Å². The molecule has 1 aromatic rings. The minimum Gasteiger partial charge on any atom is -0.394 e. The summed E-state index contributed by atoms with van der Waals surface area (Å²) in [5.74, 6) is 0. The molecule has 2 rings (SSSR count). The van der Waals surface area contributed by atoms with Gasteiger partial charge in [0.2, 0.25) is 5.03 Å². The number of ether oxygens (including phenoxy) is 1. The van der Waals surface area contributed by atoms with Crippen LogP contribution in [0, 0.1) is 0 Å². The Hall–Kier alpha value is -0.670. The number of nitrogens with zero attached hydrogens (tertiary/aromatic N) is 3. The summed E-state index contributed by atoms with van der Waals surface area (Å²) in [4.78, 5) is 3.84. The fourth-order valence-corrected chi connectivity index (χ4v) is 3.92. The molecule has 2 unspecified atom stereocenters. The largest absolute Gasteiger partial charge is 0.394 e. The summed E-state index contributed by atoms with van der Waals surface area (Å²) >= 11 is 5.93. The van der Waals surface area contributed by atoms with Gasteiger partial charge in [-0.05, 0) is 6.92 Å². The summed E-state index contributed by atoms with van der Waals surface area (Å²) in [5, 5.41) is 9.03. The molecule has 19 heavy (non-hydrogen) atoms. The Morgan fingerprint density at radius 1 is 1.58 bits per heavy atom. The van der Waals surface area contributed by atoms with Gasteiger partial charge in [-0.15, -0.1) is 0 Å². The Kier molecular flexibility index (Phi) is 4.17. The third-order valence-electron chi connectivity index (χ3n) is 2.91. The third kappa shape index (κ3) is 2.77. The lowest BCUT2D eigenvalue weighted by Crippen LogP contribution is -2.50. The monoisotopic (exact) mass is 309 g/mol. The maximum absolute atomic E-state index is 12.5. The van der Waals surface area contributed by atoms with Crippen LogP contribution in [-0.2, 0) is 21.8 Å². The Labute approximate surface area is 116 Å². The maximum Gasteiger partial charge on any atom is 0.263 e. The van der Waals surface area contributed by atoms with Crippen LogP contribution in [0.15, 0.2) is 11.4 Å². The van der Waals surface area contributed by atoms with E-state index in [2.05, 4.69) is 4.98 Å². The first-order valence-electron chi connectivity index (χ1n) is 5.79. The molecule has 2 heterocycles. The van der Waals surface area contributed by atoms with Crippen molar-refractivity contribution < 1.29 is 18.3 Å². The molecular formula is C10H16ClN3O4S. The van der Waals surface area contributed by atoms with Crippen LogP contribution in [0.4, 0.5) is 0 Å². The number of morpholine rings is 1. The van der Waals surface area contributed by atoms with Gasteiger partial charge in [-0.1, -0.05) is 11.6 Å². The lowest BCUT2D eigenvalue weighted by molar-refractivity contribution is -0.0750. The van der Waals surface area contributed by atoms with Gasteiger partial charge in [0, 0.05) is 20.1 Å². The highest BCUT2D eigenvalue weighted by Crippen LogP contribution is 2.25. The average Bonchev–Trinajstić information content (AvgIpc) is 2.69. The second-order valence-electron chi connectivity index (χ2n) is 4.52. The number of aliphatic hydroxyl groups excluding tert-OH is 1. The Balaban J connectivity index is 2.31. The molecule has 7 nitrogen and oxygen atoms in total. The molecule has 9 heteroatoms. The van der Waals surface area contributed by atoms with Crippen molar-refractivity contribution in [2.24, 2.45) is 7.05 Å². The van der Waals surface area contributed by atoms with E-state index in [0.29, 0.717) is 0 Å². The van der Waals surface area contributed by atoms with Gasteiger partial charge in [-0.25, -0.2) is 13.4 Å². The predicted octanol–water partition coefficient (Wildman–Crippen LogP) is -0.156. The van der Waals surface area contributed by atoms with Crippen LogP contribution in [0.25, 0.3) is 0 Å². The average molecular weight is 310 g/mol. The van der Waals surface area contributed by atoms with Gasteiger partial charge in [0.05, 0.1) is 25.1 Å². The van der Waals surface area contributed by atoms with E-state index in [9.17, 15) is 8.42 Å². The first-order chi connectivity index (χ1) is 8.86. The molecule has 0 aromatic carbocycles. The number of aromatic nitrogens is 2. The van der Waals surface area contributed by atoms with Crippen LogP contribution in [0.3, 0.4) is 0 Å². The Morgan fingerprint density at radius 2 is 2.26 bits per heavy atom. The molecule has 1 aromatic heterocycles. The highest BCUT2D eigenvalue weighted by molar-refractivity contribution is 7.89. The molecule has 0 radical (unpaired) electrons. The first kappa shape index (κ1) is 14.7. The van der Waals surface area contributed by atoms with Crippen LogP contribution < -0.4 is 0 Å². The summed E-state index contributed by atoms with van der Waals surface area (Å²) in [6, 6.07) is 0. The van der Waals surface area contributed by atoms with Crippen molar-refractivity contribution in [3.8, 4) is 0 Å². The molecule has 1 aliphatic rings. The number of sulfonamides is 1. The number of imidazole rings is 1. The summed E-state index contributed by atoms with van der Waals surface area (Å²) in [5.41, 5.74) is 0. The van der Waals surface area contributed by atoms with Crippen molar-refractivity contribution in [3.05, 3.63) is 11.5 Å². The molecule has 0 bridgehead atoms. The summed E-state index contributed by atoms with van der Waals surface area (Å²) in [6.07, 6.45) is 0.534. The second kappa shape index (κ2) is 5.37. The number of aryl methyl sites for hydroxylation is 1. The maximum atomic E-state index is 12.5. The minimum absolute atomic E-state index is 0.0692. The highest BCUT2D eigenvalue weighted by Gasteiger charge is 2.36. The van der Waals surface area contributed by atoms with E-state index in [1.165, 1.54) is 15.2 Å². The van der Waals surface area contributed by atoms with E-state index in [1.54, 1.807) is 14.0 Å².